The smallest absolute Gasteiger partial charge is 0.409 e. The molecular formula is C38H43ClN4O5S. The van der Waals surface area contributed by atoms with Crippen LogP contribution in [0.3, 0.4) is 0 Å². The van der Waals surface area contributed by atoms with Crippen LogP contribution in [0.2, 0.25) is 5.02 Å². The number of likely N-dealkylation sites (tertiary alicyclic amines) is 1. The first kappa shape index (κ1) is 34.9. The van der Waals surface area contributed by atoms with Crippen LogP contribution in [-0.4, -0.2) is 63.4 Å². The molecule has 49 heavy (non-hydrogen) atoms. The van der Waals surface area contributed by atoms with Gasteiger partial charge in [0, 0.05) is 34.8 Å². The van der Waals surface area contributed by atoms with Gasteiger partial charge in [0.25, 0.3) is 0 Å². The first-order valence-corrected chi connectivity index (χ1v) is 18.0. The lowest BCUT2D eigenvalue weighted by molar-refractivity contribution is -0.166. The van der Waals surface area contributed by atoms with Gasteiger partial charge in [-0.15, -0.1) is 11.3 Å². The SMILES string of the molecule is CCCCOC(=O)N1CC(n2c(C)nc3ccc(-c4nc5cc(C)c(C(OC(C)(C)C)C(=O)OCC)c(-c6ccc(Cl)cc6)c5s4)cc32)C1. The molecule has 1 amide bonds. The van der Waals surface area contributed by atoms with E-state index in [9.17, 15) is 9.59 Å². The van der Waals surface area contributed by atoms with E-state index in [2.05, 4.69) is 23.6 Å². The number of imidazole rings is 1. The maximum atomic E-state index is 13.5. The van der Waals surface area contributed by atoms with Crippen molar-refractivity contribution >= 4 is 56.3 Å². The zero-order valence-corrected chi connectivity index (χ0v) is 30.7. The van der Waals surface area contributed by atoms with Gasteiger partial charge in [0.1, 0.15) is 10.8 Å². The Kier molecular flexibility index (Phi) is 10.0. The molecule has 6 rings (SSSR count). The zero-order chi connectivity index (χ0) is 35.0. The summed E-state index contributed by atoms with van der Waals surface area (Å²) in [4.78, 5) is 37.7. The number of hydrogen-bond acceptors (Lipinski definition) is 8. The van der Waals surface area contributed by atoms with Gasteiger partial charge in [-0.2, -0.15) is 0 Å². The van der Waals surface area contributed by atoms with Crippen LogP contribution in [0.15, 0.2) is 48.5 Å². The average Bonchev–Trinajstić information content (AvgIpc) is 3.59. The Balaban J connectivity index is 1.43. The Morgan fingerprint density at radius 3 is 2.37 bits per heavy atom. The van der Waals surface area contributed by atoms with Gasteiger partial charge in [-0.25, -0.2) is 19.6 Å². The van der Waals surface area contributed by atoms with Crippen LogP contribution in [0.4, 0.5) is 4.79 Å². The third-order valence-corrected chi connectivity index (χ3v) is 10.0. The molecule has 2 aromatic heterocycles. The summed E-state index contributed by atoms with van der Waals surface area (Å²) in [6.45, 7) is 15.5. The molecule has 3 aromatic carbocycles. The number of aromatic nitrogens is 3. The molecule has 0 spiro atoms. The summed E-state index contributed by atoms with van der Waals surface area (Å²) in [6.07, 6.45) is 0.642. The summed E-state index contributed by atoms with van der Waals surface area (Å²) in [7, 11) is 0. The number of esters is 1. The maximum absolute atomic E-state index is 13.5. The van der Waals surface area contributed by atoms with E-state index in [4.69, 9.17) is 35.8 Å². The van der Waals surface area contributed by atoms with Gasteiger partial charge in [-0.3, -0.25) is 0 Å². The minimum atomic E-state index is -0.944. The fraction of sp³-hybridized carbons (Fsp3) is 0.421. The molecule has 258 valence electrons. The predicted molar refractivity (Wildman–Crippen MR) is 195 cm³/mol. The quantitative estimate of drug-likeness (QED) is 0.106. The first-order valence-electron chi connectivity index (χ1n) is 16.8. The standard InChI is InChI=1S/C38H43ClN4O5S/c1-8-10-17-47-37(45)42-20-27(21-42)43-23(4)40-28-16-13-25(19-30(28)43)35-41-29-18-22(3)31(33(36(44)46-9-2)48-38(5,6)7)32(34(29)49-35)24-11-14-26(39)15-12-24/h11-16,18-19,27,33H,8-10,17,20-21H2,1-7H3. The van der Waals surface area contributed by atoms with E-state index in [0.717, 1.165) is 72.7 Å². The molecule has 0 N–H and O–H groups in total. The van der Waals surface area contributed by atoms with Crippen LogP contribution in [0.1, 0.15) is 76.6 Å². The Morgan fingerprint density at radius 2 is 1.69 bits per heavy atom. The van der Waals surface area contributed by atoms with E-state index >= 15 is 0 Å². The van der Waals surface area contributed by atoms with Crippen molar-refractivity contribution in [3.8, 4) is 21.7 Å². The van der Waals surface area contributed by atoms with Crippen molar-refractivity contribution in [1.29, 1.82) is 0 Å². The fourth-order valence-corrected chi connectivity index (χ4v) is 7.59. The molecule has 1 atom stereocenters. The molecule has 0 saturated carbocycles. The van der Waals surface area contributed by atoms with Crippen molar-refractivity contribution < 1.29 is 23.8 Å². The fourth-order valence-electron chi connectivity index (χ4n) is 6.34. The number of ether oxygens (including phenoxy) is 3. The average molecular weight is 703 g/mol. The minimum Gasteiger partial charge on any atom is -0.464 e. The second-order valence-corrected chi connectivity index (χ2v) is 14.9. The van der Waals surface area contributed by atoms with Crippen molar-refractivity contribution in [2.75, 3.05) is 26.3 Å². The summed E-state index contributed by atoms with van der Waals surface area (Å²) in [6, 6.07) is 16.0. The Hall–Kier alpha value is -3.99. The normalized spacial score (nSPS) is 14.3. The Bertz CT molecular complexity index is 2010. The zero-order valence-electron chi connectivity index (χ0n) is 29.1. The van der Waals surface area contributed by atoms with Crippen LogP contribution in [0.5, 0.6) is 0 Å². The van der Waals surface area contributed by atoms with E-state index < -0.39 is 17.7 Å². The highest BCUT2D eigenvalue weighted by Crippen LogP contribution is 2.45. The molecule has 5 aromatic rings. The number of rotatable bonds is 10. The molecule has 1 aliphatic heterocycles. The summed E-state index contributed by atoms with van der Waals surface area (Å²) in [5.41, 5.74) is 6.47. The second kappa shape index (κ2) is 14.1. The summed E-state index contributed by atoms with van der Waals surface area (Å²) >= 11 is 7.89. The van der Waals surface area contributed by atoms with Gasteiger partial charge in [0.05, 0.1) is 46.1 Å². The minimum absolute atomic E-state index is 0.110. The highest BCUT2D eigenvalue weighted by molar-refractivity contribution is 7.22. The molecular weight excluding hydrogens is 660 g/mol. The van der Waals surface area contributed by atoms with Crippen molar-refractivity contribution in [2.45, 2.75) is 79.1 Å². The summed E-state index contributed by atoms with van der Waals surface area (Å²) in [5, 5.41) is 1.46. The molecule has 1 unspecified atom stereocenters. The van der Waals surface area contributed by atoms with Gasteiger partial charge in [-0.1, -0.05) is 37.1 Å². The highest BCUT2D eigenvalue weighted by Gasteiger charge is 2.36. The molecule has 11 heteroatoms. The van der Waals surface area contributed by atoms with Gasteiger partial charge < -0.3 is 23.7 Å². The summed E-state index contributed by atoms with van der Waals surface area (Å²) < 4.78 is 20.6. The number of nitrogens with zero attached hydrogens (tertiary/aromatic N) is 4. The largest absolute Gasteiger partial charge is 0.464 e. The van der Waals surface area contributed by atoms with E-state index in [-0.39, 0.29) is 18.7 Å². The third kappa shape index (κ3) is 7.18. The topological polar surface area (TPSA) is 95.8 Å². The second-order valence-electron chi connectivity index (χ2n) is 13.5. The molecule has 1 aliphatic rings. The molecule has 0 bridgehead atoms. The maximum Gasteiger partial charge on any atom is 0.409 e. The number of aryl methyl sites for hydroxylation is 2. The van der Waals surface area contributed by atoms with Gasteiger partial charge in [0.2, 0.25) is 0 Å². The third-order valence-electron chi connectivity index (χ3n) is 8.62. The molecule has 0 aliphatic carbocycles. The number of fused-ring (bicyclic) bond motifs is 2. The van der Waals surface area contributed by atoms with Crippen LogP contribution in [0.25, 0.3) is 42.9 Å². The van der Waals surface area contributed by atoms with E-state index in [0.29, 0.717) is 24.7 Å². The van der Waals surface area contributed by atoms with Crippen molar-refractivity contribution in [1.82, 2.24) is 19.4 Å². The number of amides is 1. The van der Waals surface area contributed by atoms with Gasteiger partial charge in [0.15, 0.2) is 6.10 Å². The molecule has 9 nitrogen and oxygen atoms in total. The van der Waals surface area contributed by atoms with Crippen molar-refractivity contribution in [3.63, 3.8) is 0 Å². The number of carbonyl (C=O) groups excluding carboxylic acids is 2. The lowest BCUT2D eigenvalue weighted by Crippen LogP contribution is -2.51. The lowest BCUT2D eigenvalue weighted by atomic mass is 9.91. The van der Waals surface area contributed by atoms with E-state index in [1.54, 1.807) is 23.2 Å². The monoisotopic (exact) mass is 702 g/mol. The van der Waals surface area contributed by atoms with Crippen LogP contribution < -0.4 is 0 Å². The highest BCUT2D eigenvalue weighted by atomic mass is 35.5. The Morgan fingerprint density at radius 1 is 0.980 bits per heavy atom. The number of benzene rings is 3. The van der Waals surface area contributed by atoms with Crippen molar-refractivity contribution in [2.24, 2.45) is 0 Å². The molecule has 1 saturated heterocycles. The van der Waals surface area contributed by atoms with Crippen LogP contribution in [-0.2, 0) is 19.0 Å². The van der Waals surface area contributed by atoms with E-state index in [1.807, 2.05) is 71.0 Å². The van der Waals surface area contributed by atoms with Gasteiger partial charge in [-0.05, 0) is 95.5 Å². The van der Waals surface area contributed by atoms with Crippen LogP contribution >= 0.6 is 22.9 Å². The van der Waals surface area contributed by atoms with Crippen LogP contribution in [0, 0.1) is 13.8 Å². The summed E-state index contributed by atoms with van der Waals surface area (Å²) in [5.74, 6) is 0.465. The lowest BCUT2D eigenvalue weighted by Gasteiger charge is -2.39. The van der Waals surface area contributed by atoms with Crippen molar-refractivity contribution in [3.05, 3.63) is 70.5 Å². The number of carbonyl (C=O) groups is 2. The van der Waals surface area contributed by atoms with Gasteiger partial charge >= 0.3 is 12.1 Å². The molecule has 1 fully saturated rings. The predicted octanol–water partition coefficient (Wildman–Crippen LogP) is 9.46. The number of unbranched alkanes of at least 4 members (excludes halogenated alkanes) is 1. The molecule has 3 heterocycles. The number of hydrogen-bond donors (Lipinski definition) is 0. The van der Waals surface area contributed by atoms with E-state index in [1.165, 1.54) is 0 Å². The number of halogens is 1. The number of thiazole rings is 1. The molecule has 0 radical (unpaired) electrons. The Labute approximate surface area is 296 Å². The first-order chi connectivity index (χ1) is 23.4.